The molecule has 1 aromatic heterocycles. The van der Waals surface area contributed by atoms with Crippen LogP contribution in [0.1, 0.15) is 29.9 Å². The summed E-state index contributed by atoms with van der Waals surface area (Å²) in [6.45, 7) is 4.18. The van der Waals surface area contributed by atoms with Crippen LogP contribution in [0.25, 0.3) is 0 Å². The summed E-state index contributed by atoms with van der Waals surface area (Å²) in [5, 5.41) is 7.18. The van der Waals surface area contributed by atoms with Crippen LogP contribution in [0.15, 0.2) is 52.7 Å². The Bertz CT molecular complexity index is 1570. The zero-order valence-corrected chi connectivity index (χ0v) is 25.6. The maximum absolute atomic E-state index is 13.2. The van der Waals surface area contributed by atoms with E-state index in [0.29, 0.717) is 11.4 Å². The van der Waals surface area contributed by atoms with Gasteiger partial charge in [0.1, 0.15) is 23.9 Å². The highest BCUT2D eigenvalue weighted by molar-refractivity contribution is 7.90. The Hall–Kier alpha value is -3.49. The third-order valence-electron chi connectivity index (χ3n) is 5.59. The number of sulfone groups is 1. The Morgan fingerprint density at radius 2 is 1.81 bits per heavy atom. The fourth-order valence-electron chi connectivity index (χ4n) is 3.78. The van der Waals surface area contributed by atoms with Crippen LogP contribution in [-0.2, 0) is 34.3 Å². The number of benzene rings is 2. The van der Waals surface area contributed by atoms with Crippen molar-refractivity contribution in [1.29, 1.82) is 0 Å². The summed E-state index contributed by atoms with van der Waals surface area (Å²) >= 11 is 1.15. The Morgan fingerprint density at radius 3 is 2.43 bits per heavy atom. The quantitative estimate of drug-likeness (QED) is 0.231. The van der Waals surface area contributed by atoms with Gasteiger partial charge in [0.15, 0.2) is 21.1 Å². The number of aromatic nitrogens is 1. The van der Waals surface area contributed by atoms with Gasteiger partial charge >= 0.3 is 13.7 Å². The summed E-state index contributed by atoms with van der Waals surface area (Å²) in [5.74, 6) is 0.311. The van der Waals surface area contributed by atoms with Crippen molar-refractivity contribution in [1.82, 2.24) is 10.3 Å². The van der Waals surface area contributed by atoms with Crippen molar-refractivity contribution in [2.24, 2.45) is 0 Å². The van der Waals surface area contributed by atoms with Crippen molar-refractivity contribution in [3.8, 4) is 17.2 Å². The van der Waals surface area contributed by atoms with Crippen LogP contribution in [0.5, 0.6) is 17.2 Å². The molecule has 0 unspecified atom stereocenters. The maximum atomic E-state index is 13.2. The number of anilines is 1. The van der Waals surface area contributed by atoms with Crippen LogP contribution in [0.3, 0.4) is 0 Å². The number of nitrogens with one attached hydrogen (secondary N) is 2. The standard InChI is InChI=1S/C26H30N3O10PS2/c1-4-36-40(32,37-5-2)15-18-16-41-25(28-18)29-24(30)17-10-20(35-14-22-13-27-26(31)39-22)12-21(11-17)38-19-6-8-23(9-7-19)42(3,33)34/h6-12,16,22H,4-5,13-15H2,1-3H3,(H,27,31)(H,28,29,30)/t22-/m0/s1. The summed E-state index contributed by atoms with van der Waals surface area (Å²) in [4.78, 5) is 29.0. The average Bonchev–Trinajstić information content (AvgIpc) is 3.55. The summed E-state index contributed by atoms with van der Waals surface area (Å²) < 4.78 is 63.8. The zero-order chi connectivity index (χ0) is 30.3. The van der Waals surface area contributed by atoms with Crippen LogP contribution in [0, 0.1) is 0 Å². The highest BCUT2D eigenvalue weighted by atomic mass is 32.2. The topological polar surface area (TPSA) is 168 Å². The van der Waals surface area contributed by atoms with Gasteiger partial charge in [0, 0.05) is 23.3 Å². The van der Waals surface area contributed by atoms with Crippen molar-refractivity contribution < 1.29 is 45.8 Å². The van der Waals surface area contributed by atoms with E-state index in [0.717, 1.165) is 17.6 Å². The van der Waals surface area contributed by atoms with E-state index in [4.69, 9.17) is 23.3 Å². The van der Waals surface area contributed by atoms with Crippen molar-refractivity contribution in [3.05, 3.63) is 59.1 Å². The molecule has 0 bridgehead atoms. The first kappa shape index (κ1) is 31.4. The van der Waals surface area contributed by atoms with Gasteiger partial charge in [0.2, 0.25) is 0 Å². The molecule has 0 radical (unpaired) electrons. The minimum absolute atomic E-state index is 0.0296. The molecule has 42 heavy (non-hydrogen) atoms. The number of rotatable bonds is 14. The molecule has 0 aliphatic carbocycles. The average molecular weight is 640 g/mol. The lowest BCUT2D eigenvalue weighted by Crippen LogP contribution is -2.22. The lowest BCUT2D eigenvalue weighted by atomic mass is 10.2. The number of hydrogen-bond acceptors (Lipinski definition) is 12. The molecule has 1 aliphatic heterocycles. The van der Waals surface area contributed by atoms with E-state index < -0.39 is 35.5 Å². The second kappa shape index (κ2) is 13.7. The number of thiazole rings is 1. The van der Waals surface area contributed by atoms with Gasteiger partial charge in [-0.15, -0.1) is 11.3 Å². The molecule has 2 amide bonds. The smallest absolute Gasteiger partial charge is 0.407 e. The maximum Gasteiger partial charge on any atom is 0.407 e. The van der Waals surface area contributed by atoms with Gasteiger partial charge in [0.05, 0.1) is 36.5 Å². The molecule has 2 aromatic carbocycles. The minimum Gasteiger partial charge on any atom is -0.489 e. The van der Waals surface area contributed by atoms with Crippen molar-refractivity contribution >= 4 is 45.9 Å². The SMILES string of the molecule is CCOP(=O)(Cc1csc(NC(=O)c2cc(OC[C@@H]3CNC(=O)O3)cc(Oc3ccc(S(C)(=O)=O)cc3)c2)n1)OCC. The summed E-state index contributed by atoms with van der Waals surface area (Å²) in [6.07, 6.45) is 0.00959. The molecular formula is C26H30N3O10PS2. The molecule has 1 fully saturated rings. The second-order valence-corrected chi connectivity index (χ2v) is 13.9. The van der Waals surface area contributed by atoms with Crippen molar-refractivity contribution in [2.45, 2.75) is 31.0 Å². The number of nitrogens with zero attached hydrogens (tertiary/aromatic N) is 1. The molecule has 2 N–H and O–H groups in total. The molecule has 2 heterocycles. The molecule has 226 valence electrons. The number of carbonyl (C=O) groups excluding carboxylic acids is 2. The summed E-state index contributed by atoms with van der Waals surface area (Å²) in [5.41, 5.74) is 0.613. The Labute approximate surface area is 246 Å². The molecule has 1 saturated heterocycles. The number of carbonyl (C=O) groups is 2. The summed E-state index contributed by atoms with van der Waals surface area (Å²) in [7, 11) is -6.76. The van der Waals surface area contributed by atoms with Crippen LogP contribution in [0.2, 0.25) is 0 Å². The monoisotopic (exact) mass is 639 g/mol. The predicted molar refractivity (Wildman–Crippen MR) is 154 cm³/mol. The third-order valence-corrected chi connectivity index (χ3v) is 9.54. The van der Waals surface area contributed by atoms with Gasteiger partial charge < -0.3 is 28.6 Å². The molecule has 13 nitrogen and oxygen atoms in total. The molecular weight excluding hydrogens is 609 g/mol. The number of ether oxygens (including phenoxy) is 3. The number of hydrogen-bond donors (Lipinski definition) is 2. The van der Waals surface area contributed by atoms with Crippen LogP contribution in [-0.4, -0.2) is 64.1 Å². The second-order valence-electron chi connectivity index (χ2n) is 8.96. The van der Waals surface area contributed by atoms with E-state index in [-0.39, 0.29) is 59.6 Å². The lowest BCUT2D eigenvalue weighted by Gasteiger charge is -2.15. The highest BCUT2D eigenvalue weighted by Crippen LogP contribution is 2.51. The van der Waals surface area contributed by atoms with Gasteiger partial charge in [0.25, 0.3) is 5.91 Å². The molecule has 3 aromatic rings. The van der Waals surface area contributed by atoms with Crippen LogP contribution >= 0.6 is 18.9 Å². The molecule has 1 atom stereocenters. The van der Waals surface area contributed by atoms with E-state index in [1.54, 1.807) is 25.3 Å². The van der Waals surface area contributed by atoms with E-state index in [1.807, 2.05) is 0 Å². The number of cyclic esters (lactones) is 1. The first-order chi connectivity index (χ1) is 20.0. The Morgan fingerprint density at radius 1 is 1.12 bits per heavy atom. The van der Waals surface area contributed by atoms with E-state index in [9.17, 15) is 22.6 Å². The zero-order valence-electron chi connectivity index (χ0n) is 23.0. The van der Waals surface area contributed by atoms with E-state index in [2.05, 4.69) is 15.6 Å². The first-order valence-corrected chi connectivity index (χ1v) is 17.3. The third kappa shape index (κ3) is 8.76. The van der Waals surface area contributed by atoms with E-state index in [1.165, 1.54) is 36.4 Å². The van der Waals surface area contributed by atoms with Crippen LogP contribution in [0.4, 0.5) is 9.93 Å². The Kier molecular flexibility index (Phi) is 10.2. The lowest BCUT2D eigenvalue weighted by molar-refractivity contribution is 0.102. The minimum atomic E-state index is -3.38. The van der Waals surface area contributed by atoms with E-state index >= 15 is 0 Å². The van der Waals surface area contributed by atoms with Crippen LogP contribution < -0.4 is 20.1 Å². The predicted octanol–water partition coefficient (Wildman–Crippen LogP) is 4.84. The number of alkyl carbamates (subject to hydrolysis) is 1. The largest absolute Gasteiger partial charge is 0.489 e. The van der Waals surface area contributed by atoms with Gasteiger partial charge in [-0.2, -0.15) is 0 Å². The van der Waals surface area contributed by atoms with Crippen molar-refractivity contribution in [2.75, 3.05) is 37.9 Å². The molecule has 4 rings (SSSR count). The number of amides is 2. The van der Waals surface area contributed by atoms with Crippen molar-refractivity contribution in [3.63, 3.8) is 0 Å². The first-order valence-electron chi connectivity index (χ1n) is 12.8. The van der Waals surface area contributed by atoms with Gasteiger partial charge in [-0.3, -0.25) is 14.7 Å². The molecule has 0 saturated carbocycles. The summed E-state index contributed by atoms with van der Waals surface area (Å²) in [6, 6.07) is 10.3. The Balaban J connectivity index is 1.52. The molecule has 16 heteroatoms. The van der Waals surface area contributed by atoms with Gasteiger partial charge in [-0.05, 0) is 50.2 Å². The fraction of sp³-hybridized carbons (Fsp3) is 0.346. The van der Waals surface area contributed by atoms with Gasteiger partial charge in [-0.1, -0.05) is 0 Å². The van der Waals surface area contributed by atoms with Gasteiger partial charge in [-0.25, -0.2) is 18.2 Å². The highest BCUT2D eigenvalue weighted by Gasteiger charge is 2.26. The molecule has 1 aliphatic rings. The fourth-order valence-corrected chi connectivity index (χ4v) is 6.84. The normalized spacial score (nSPS) is 15.1. The molecule has 0 spiro atoms.